The molecule has 3 N–H and O–H groups in total. The lowest BCUT2D eigenvalue weighted by Gasteiger charge is -2.08. The largest absolute Gasteiger partial charge is 0.480 e. The van der Waals surface area contributed by atoms with Crippen LogP contribution in [0.2, 0.25) is 0 Å². The summed E-state index contributed by atoms with van der Waals surface area (Å²) in [6.45, 7) is 0. The molecule has 0 spiro atoms. The molecule has 0 bridgehead atoms. The van der Waals surface area contributed by atoms with E-state index in [1.165, 1.54) is 23.9 Å². The molecule has 1 atom stereocenters. The first-order chi connectivity index (χ1) is 9.58. The molecule has 0 saturated carbocycles. The molecule has 106 valence electrons. The number of pyridine rings is 1. The molecule has 0 fully saturated rings. The van der Waals surface area contributed by atoms with Crippen molar-refractivity contribution in [3.05, 3.63) is 41.8 Å². The Bertz CT molecular complexity index is 621. The number of rotatable bonds is 6. The first kappa shape index (κ1) is 14.7. The summed E-state index contributed by atoms with van der Waals surface area (Å²) in [5, 5.41) is 9.45. The first-order valence-electron chi connectivity index (χ1n) is 6.17. The molecule has 2 rings (SSSR count). The Morgan fingerprint density at radius 1 is 1.50 bits per heavy atom. The standard InChI is InChI=1S/C14H15FN2O2S/c15-11-6-9-2-1-4-17-13(9)10(7-11)8-20-5-3-12(16)14(18)19/h1-2,4,6-7,12H,3,5,8,16H2,(H,18,19). The summed E-state index contributed by atoms with van der Waals surface area (Å²) in [5.41, 5.74) is 7.02. The number of aliphatic carboxylic acids is 1. The van der Waals surface area contributed by atoms with E-state index in [2.05, 4.69) is 4.98 Å². The fraction of sp³-hybridized carbons (Fsp3) is 0.286. The minimum Gasteiger partial charge on any atom is -0.480 e. The quantitative estimate of drug-likeness (QED) is 0.800. The molecule has 0 amide bonds. The number of thioether (sulfide) groups is 1. The number of halogens is 1. The van der Waals surface area contributed by atoms with E-state index in [9.17, 15) is 9.18 Å². The summed E-state index contributed by atoms with van der Waals surface area (Å²) in [7, 11) is 0. The van der Waals surface area contributed by atoms with Gasteiger partial charge < -0.3 is 10.8 Å². The zero-order valence-corrected chi connectivity index (χ0v) is 11.6. The maximum atomic E-state index is 13.5. The number of carbonyl (C=O) groups is 1. The number of fused-ring (bicyclic) bond motifs is 1. The lowest BCUT2D eigenvalue weighted by molar-refractivity contribution is -0.138. The van der Waals surface area contributed by atoms with Gasteiger partial charge in [0.25, 0.3) is 0 Å². The number of carboxylic acid groups (broad SMARTS) is 1. The van der Waals surface area contributed by atoms with Crippen LogP contribution in [0.5, 0.6) is 0 Å². The van der Waals surface area contributed by atoms with Crippen LogP contribution in [-0.2, 0) is 10.5 Å². The number of benzene rings is 1. The summed E-state index contributed by atoms with van der Waals surface area (Å²) in [4.78, 5) is 14.9. The Morgan fingerprint density at radius 3 is 3.05 bits per heavy atom. The van der Waals surface area contributed by atoms with Gasteiger partial charge in [-0.1, -0.05) is 6.07 Å². The lowest BCUT2D eigenvalue weighted by atomic mass is 10.1. The fourth-order valence-electron chi connectivity index (χ4n) is 1.85. The van der Waals surface area contributed by atoms with Crippen LogP contribution in [0, 0.1) is 5.82 Å². The predicted octanol–water partition coefficient (Wildman–Crippen LogP) is 2.41. The number of aromatic nitrogens is 1. The maximum absolute atomic E-state index is 13.5. The summed E-state index contributed by atoms with van der Waals surface area (Å²) >= 11 is 1.53. The van der Waals surface area contributed by atoms with Gasteiger partial charge in [-0.05, 0) is 35.9 Å². The molecule has 1 aromatic carbocycles. The van der Waals surface area contributed by atoms with Gasteiger partial charge in [0.15, 0.2) is 0 Å². The molecular weight excluding hydrogens is 279 g/mol. The van der Waals surface area contributed by atoms with Crippen LogP contribution in [0.4, 0.5) is 4.39 Å². The molecule has 0 aliphatic carbocycles. The highest BCUT2D eigenvalue weighted by molar-refractivity contribution is 7.98. The monoisotopic (exact) mass is 294 g/mol. The van der Waals surface area contributed by atoms with Crippen LogP contribution in [0.25, 0.3) is 10.9 Å². The second-order valence-corrected chi connectivity index (χ2v) is 5.53. The fourth-order valence-corrected chi connectivity index (χ4v) is 2.86. The molecular formula is C14H15FN2O2S. The third-order valence-corrected chi connectivity index (χ3v) is 3.94. The highest BCUT2D eigenvalue weighted by atomic mass is 32.2. The second kappa shape index (κ2) is 6.67. The van der Waals surface area contributed by atoms with E-state index in [0.717, 1.165) is 16.5 Å². The van der Waals surface area contributed by atoms with E-state index in [1.54, 1.807) is 12.3 Å². The normalized spacial score (nSPS) is 12.5. The van der Waals surface area contributed by atoms with E-state index in [1.807, 2.05) is 6.07 Å². The van der Waals surface area contributed by atoms with Crippen molar-refractivity contribution < 1.29 is 14.3 Å². The van der Waals surface area contributed by atoms with Crippen LogP contribution in [0.3, 0.4) is 0 Å². The SMILES string of the molecule is NC(CCSCc1cc(F)cc2cccnc12)C(=O)O. The number of carboxylic acids is 1. The molecule has 2 aromatic rings. The van der Waals surface area contributed by atoms with Crippen molar-refractivity contribution in [3.8, 4) is 0 Å². The molecule has 0 aliphatic rings. The minimum atomic E-state index is -0.997. The summed E-state index contributed by atoms with van der Waals surface area (Å²) < 4.78 is 13.5. The molecule has 4 nitrogen and oxygen atoms in total. The molecule has 0 aliphatic heterocycles. The zero-order chi connectivity index (χ0) is 14.5. The molecule has 6 heteroatoms. The van der Waals surface area contributed by atoms with Gasteiger partial charge >= 0.3 is 5.97 Å². The topological polar surface area (TPSA) is 76.2 Å². The van der Waals surface area contributed by atoms with Crippen molar-refractivity contribution in [2.75, 3.05) is 5.75 Å². The number of nitrogens with zero attached hydrogens (tertiary/aromatic N) is 1. The average Bonchev–Trinajstić information content (AvgIpc) is 2.42. The molecule has 1 unspecified atom stereocenters. The van der Waals surface area contributed by atoms with Crippen LogP contribution in [0.15, 0.2) is 30.5 Å². The van der Waals surface area contributed by atoms with E-state index >= 15 is 0 Å². The molecule has 0 radical (unpaired) electrons. The van der Waals surface area contributed by atoms with Crippen molar-refractivity contribution in [2.45, 2.75) is 18.2 Å². The Balaban J connectivity index is 2.01. The zero-order valence-electron chi connectivity index (χ0n) is 10.8. The molecule has 1 heterocycles. The van der Waals surface area contributed by atoms with Crippen molar-refractivity contribution in [1.29, 1.82) is 0 Å². The predicted molar refractivity (Wildman–Crippen MR) is 78.1 cm³/mol. The van der Waals surface area contributed by atoms with Gasteiger partial charge in [0, 0.05) is 17.3 Å². The van der Waals surface area contributed by atoms with E-state index < -0.39 is 12.0 Å². The molecule has 1 aromatic heterocycles. The highest BCUT2D eigenvalue weighted by Gasteiger charge is 2.11. The van der Waals surface area contributed by atoms with Gasteiger partial charge in [0.05, 0.1) is 5.52 Å². The first-order valence-corrected chi connectivity index (χ1v) is 7.32. The van der Waals surface area contributed by atoms with E-state index in [4.69, 9.17) is 10.8 Å². The second-order valence-electron chi connectivity index (χ2n) is 4.43. The van der Waals surface area contributed by atoms with Crippen LogP contribution >= 0.6 is 11.8 Å². The summed E-state index contributed by atoms with van der Waals surface area (Å²) in [5.74, 6) is -0.0950. The number of hydrogen-bond donors (Lipinski definition) is 2. The van der Waals surface area contributed by atoms with Crippen LogP contribution in [0.1, 0.15) is 12.0 Å². The Labute approximate surface area is 120 Å². The van der Waals surface area contributed by atoms with Crippen molar-refractivity contribution in [2.24, 2.45) is 5.73 Å². The summed E-state index contributed by atoms with van der Waals surface area (Å²) in [6, 6.07) is 5.67. The van der Waals surface area contributed by atoms with Crippen molar-refractivity contribution in [1.82, 2.24) is 4.98 Å². The highest BCUT2D eigenvalue weighted by Crippen LogP contribution is 2.23. The Morgan fingerprint density at radius 2 is 2.30 bits per heavy atom. The Hall–Kier alpha value is -1.66. The Kier molecular flexibility index (Phi) is 4.92. The summed E-state index contributed by atoms with van der Waals surface area (Å²) in [6.07, 6.45) is 2.06. The number of nitrogens with two attached hydrogens (primary N) is 1. The van der Waals surface area contributed by atoms with Crippen LogP contribution < -0.4 is 5.73 Å². The maximum Gasteiger partial charge on any atom is 0.320 e. The third kappa shape index (κ3) is 3.68. The molecule has 0 saturated heterocycles. The lowest BCUT2D eigenvalue weighted by Crippen LogP contribution is -2.30. The van der Waals surface area contributed by atoms with Gasteiger partial charge in [-0.2, -0.15) is 11.8 Å². The average molecular weight is 294 g/mol. The number of hydrogen-bond acceptors (Lipinski definition) is 4. The molecule has 20 heavy (non-hydrogen) atoms. The van der Waals surface area contributed by atoms with Crippen molar-refractivity contribution in [3.63, 3.8) is 0 Å². The third-order valence-electron chi connectivity index (χ3n) is 2.90. The minimum absolute atomic E-state index is 0.289. The van der Waals surface area contributed by atoms with Gasteiger partial charge in [0.1, 0.15) is 11.9 Å². The van der Waals surface area contributed by atoms with Crippen molar-refractivity contribution >= 4 is 28.6 Å². The van der Waals surface area contributed by atoms with E-state index in [-0.39, 0.29) is 5.82 Å². The van der Waals surface area contributed by atoms with E-state index in [0.29, 0.717) is 17.9 Å². The van der Waals surface area contributed by atoms with Gasteiger partial charge in [-0.25, -0.2) is 4.39 Å². The smallest absolute Gasteiger partial charge is 0.320 e. The van der Waals surface area contributed by atoms with Gasteiger partial charge in [-0.15, -0.1) is 0 Å². The van der Waals surface area contributed by atoms with Crippen LogP contribution in [-0.4, -0.2) is 27.9 Å². The van der Waals surface area contributed by atoms with Gasteiger partial charge in [0.2, 0.25) is 0 Å². The van der Waals surface area contributed by atoms with Gasteiger partial charge in [-0.3, -0.25) is 9.78 Å².